The van der Waals surface area contributed by atoms with E-state index in [-0.39, 0.29) is 11.2 Å². The van der Waals surface area contributed by atoms with Crippen LogP contribution in [0, 0.1) is 17.0 Å². The van der Waals surface area contributed by atoms with Crippen molar-refractivity contribution < 1.29 is 4.92 Å². The van der Waals surface area contributed by atoms with Gasteiger partial charge in [-0.1, -0.05) is 18.2 Å². The number of nitrogens with zero attached hydrogens (tertiary/aromatic N) is 4. The van der Waals surface area contributed by atoms with Crippen molar-refractivity contribution in [3.05, 3.63) is 74.2 Å². The quantitative estimate of drug-likeness (QED) is 0.437. The molecule has 8 heteroatoms. The summed E-state index contributed by atoms with van der Waals surface area (Å²) in [6.45, 7) is 2.56. The molecule has 0 aliphatic carbocycles. The maximum absolute atomic E-state index is 13.2. The molecule has 8 nitrogen and oxygen atoms in total. The lowest BCUT2D eigenvalue weighted by Gasteiger charge is -2.19. The van der Waals surface area contributed by atoms with E-state index in [9.17, 15) is 14.9 Å². The van der Waals surface area contributed by atoms with Crippen LogP contribution in [0.1, 0.15) is 17.7 Å². The molecule has 0 unspecified atom stereocenters. The molecule has 0 bridgehead atoms. The number of fused-ring (bicyclic) bond motifs is 2. The predicted molar refractivity (Wildman–Crippen MR) is 107 cm³/mol. The maximum atomic E-state index is 13.2. The second-order valence-corrected chi connectivity index (χ2v) is 7.01. The fourth-order valence-electron chi connectivity index (χ4n) is 4.02. The summed E-state index contributed by atoms with van der Waals surface area (Å²) < 4.78 is 1.86. The Bertz CT molecular complexity index is 1320. The SMILES string of the molecule is Cc1c2c(=O)n3c4c(cccc4c2nn1Nc1ccc([N+](=O)[O-])cc1)CCC3. The number of non-ortho nitro benzene ring substituents is 1. The lowest BCUT2D eigenvalue weighted by atomic mass is 10.00. The van der Waals surface area contributed by atoms with E-state index in [1.807, 2.05) is 23.6 Å². The van der Waals surface area contributed by atoms with E-state index >= 15 is 0 Å². The number of aromatic nitrogens is 3. The fraction of sp³-hybridized carbons (Fsp3) is 0.200. The first-order valence-electron chi connectivity index (χ1n) is 9.10. The molecule has 1 aliphatic rings. The summed E-state index contributed by atoms with van der Waals surface area (Å²) >= 11 is 0. The van der Waals surface area contributed by atoms with Gasteiger partial charge in [0.2, 0.25) is 0 Å². The molecule has 1 aliphatic heterocycles. The van der Waals surface area contributed by atoms with Crippen LogP contribution in [0.3, 0.4) is 0 Å². The van der Waals surface area contributed by atoms with E-state index in [1.165, 1.54) is 17.7 Å². The number of nitro benzene ring substituents is 1. The first-order chi connectivity index (χ1) is 13.5. The number of anilines is 1. The molecule has 4 aromatic rings. The lowest BCUT2D eigenvalue weighted by molar-refractivity contribution is -0.384. The van der Waals surface area contributed by atoms with Crippen molar-refractivity contribution in [1.82, 2.24) is 14.5 Å². The third-order valence-electron chi connectivity index (χ3n) is 5.36. The first-order valence-corrected chi connectivity index (χ1v) is 9.10. The van der Waals surface area contributed by atoms with Crippen molar-refractivity contribution in [1.29, 1.82) is 0 Å². The molecule has 0 spiro atoms. The van der Waals surface area contributed by atoms with E-state index in [1.54, 1.807) is 16.9 Å². The number of nitro groups is 1. The summed E-state index contributed by atoms with van der Waals surface area (Å²) in [5, 5.41) is 17.1. The van der Waals surface area contributed by atoms with Gasteiger partial charge in [-0.05, 0) is 37.5 Å². The molecule has 0 fully saturated rings. The van der Waals surface area contributed by atoms with E-state index in [4.69, 9.17) is 0 Å². The Morgan fingerprint density at radius 1 is 1.18 bits per heavy atom. The Labute approximate surface area is 159 Å². The van der Waals surface area contributed by atoms with Crippen molar-refractivity contribution in [3.63, 3.8) is 0 Å². The zero-order valence-corrected chi connectivity index (χ0v) is 15.2. The topological polar surface area (TPSA) is 95.0 Å². The first kappa shape index (κ1) is 16.5. The van der Waals surface area contributed by atoms with Gasteiger partial charge >= 0.3 is 0 Å². The summed E-state index contributed by atoms with van der Waals surface area (Å²) in [5.41, 5.74) is 7.31. The molecule has 1 N–H and O–H groups in total. The Kier molecular flexibility index (Phi) is 3.48. The highest BCUT2D eigenvalue weighted by Gasteiger charge is 2.21. The second-order valence-electron chi connectivity index (χ2n) is 7.01. The van der Waals surface area contributed by atoms with Crippen LogP contribution in [-0.4, -0.2) is 19.4 Å². The molecule has 2 aromatic heterocycles. The van der Waals surface area contributed by atoms with Gasteiger partial charge in [0.25, 0.3) is 11.2 Å². The highest BCUT2D eigenvalue weighted by atomic mass is 16.6. The van der Waals surface area contributed by atoms with Crippen LogP contribution >= 0.6 is 0 Å². The van der Waals surface area contributed by atoms with Gasteiger partial charge in [0.05, 0.1) is 27.2 Å². The number of hydrogen-bond donors (Lipinski definition) is 1. The highest BCUT2D eigenvalue weighted by molar-refractivity contribution is 6.05. The average molecular weight is 375 g/mol. The van der Waals surface area contributed by atoms with E-state index < -0.39 is 4.92 Å². The summed E-state index contributed by atoms with van der Waals surface area (Å²) in [5.74, 6) is 0. The minimum Gasteiger partial charge on any atom is -0.307 e. The molecule has 140 valence electrons. The van der Waals surface area contributed by atoms with Crippen molar-refractivity contribution in [2.45, 2.75) is 26.3 Å². The number of aryl methyl sites for hydroxylation is 3. The van der Waals surface area contributed by atoms with Crippen LogP contribution in [0.4, 0.5) is 11.4 Å². The van der Waals surface area contributed by atoms with Crippen LogP contribution in [0.2, 0.25) is 0 Å². The number of pyridine rings is 1. The van der Waals surface area contributed by atoms with E-state index in [2.05, 4.69) is 16.6 Å². The van der Waals surface area contributed by atoms with Gasteiger partial charge in [0.1, 0.15) is 5.52 Å². The number of para-hydroxylation sites is 1. The molecule has 5 rings (SSSR count). The molecule has 0 radical (unpaired) electrons. The summed E-state index contributed by atoms with van der Waals surface area (Å²) in [4.78, 5) is 25.1. The van der Waals surface area contributed by atoms with Crippen LogP contribution in [0.25, 0.3) is 21.8 Å². The molecular weight excluding hydrogens is 358 g/mol. The van der Waals surface area contributed by atoms with Gasteiger partial charge in [-0.15, -0.1) is 0 Å². The summed E-state index contributed by atoms with van der Waals surface area (Å²) in [6.07, 6.45) is 1.91. The monoisotopic (exact) mass is 375 g/mol. The molecule has 0 saturated heterocycles. The van der Waals surface area contributed by atoms with Crippen LogP contribution in [-0.2, 0) is 13.0 Å². The molecule has 28 heavy (non-hydrogen) atoms. The molecule has 2 aromatic carbocycles. The smallest absolute Gasteiger partial charge is 0.269 e. The Morgan fingerprint density at radius 3 is 2.71 bits per heavy atom. The predicted octanol–water partition coefficient (Wildman–Crippen LogP) is 3.39. The zero-order chi connectivity index (χ0) is 19.4. The normalized spacial score (nSPS) is 13.2. The molecule has 3 heterocycles. The Balaban J connectivity index is 1.70. The van der Waals surface area contributed by atoms with Gasteiger partial charge in [0.15, 0.2) is 0 Å². The van der Waals surface area contributed by atoms with Gasteiger partial charge in [-0.3, -0.25) is 20.3 Å². The van der Waals surface area contributed by atoms with E-state index in [0.717, 1.165) is 23.7 Å². The standard InChI is InChI=1S/C20H17N5O3/c1-12-17-18(22-24(12)21-14-7-9-15(10-8-14)25(27)28)16-6-2-4-13-5-3-11-23(19(13)16)20(17)26/h2,4,6-10,21H,3,5,11H2,1H3. The Hall–Kier alpha value is -3.68. The average Bonchev–Trinajstić information content (AvgIpc) is 3.03. The molecule has 0 atom stereocenters. The van der Waals surface area contributed by atoms with Crippen LogP contribution in [0.5, 0.6) is 0 Å². The number of benzene rings is 2. The van der Waals surface area contributed by atoms with Crippen molar-refractivity contribution in [3.8, 4) is 0 Å². The molecular formula is C20H17N5O3. The zero-order valence-electron chi connectivity index (χ0n) is 15.2. The van der Waals surface area contributed by atoms with Gasteiger partial charge in [0, 0.05) is 24.1 Å². The summed E-state index contributed by atoms with van der Waals surface area (Å²) in [6, 6.07) is 12.2. The number of hydrogen-bond acceptors (Lipinski definition) is 5. The maximum Gasteiger partial charge on any atom is 0.269 e. The van der Waals surface area contributed by atoms with Gasteiger partial charge in [-0.2, -0.15) is 9.89 Å². The largest absolute Gasteiger partial charge is 0.307 e. The number of rotatable bonds is 3. The van der Waals surface area contributed by atoms with Gasteiger partial charge < -0.3 is 4.57 Å². The number of nitrogens with one attached hydrogen (secondary N) is 1. The third kappa shape index (κ3) is 2.31. The summed E-state index contributed by atoms with van der Waals surface area (Å²) in [7, 11) is 0. The second kappa shape index (κ2) is 5.91. The molecule has 0 amide bonds. The Morgan fingerprint density at radius 2 is 1.96 bits per heavy atom. The molecule has 0 saturated carbocycles. The van der Waals surface area contributed by atoms with Crippen molar-refractivity contribution in [2.24, 2.45) is 0 Å². The van der Waals surface area contributed by atoms with Crippen LogP contribution < -0.4 is 11.0 Å². The van der Waals surface area contributed by atoms with Crippen LogP contribution in [0.15, 0.2) is 47.3 Å². The minimum atomic E-state index is -0.440. The third-order valence-corrected chi connectivity index (χ3v) is 5.36. The fourth-order valence-corrected chi connectivity index (χ4v) is 4.02. The highest BCUT2D eigenvalue weighted by Crippen LogP contribution is 2.29. The van der Waals surface area contributed by atoms with Gasteiger partial charge in [-0.25, -0.2) is 0 Å². The lowest BCUT2D eigenvalue weighted by Crippen LogP contribution is -2.25. The van der Waals surface area contributed by atoms with E-state index in [0.29, 0.717) is 28.8 Å². The minimum absolute atomic E-state index is 0.0210. The van der Waals surface area contributed by atoms with Crippen molar-refractivity contribution in [2.75, 3.05) is 5.43 Å². The van der Waals surface area contributed by atoms with Crippen molar-refractivity contribution >= 4 is 33.2 Å².